The normalized spacial score (nSPS) is 12.5. The largest absolute Gasteiger partial charge is 0.388 e. The number of hydrogen-bond acceptors (Lipinski definition) is 2. The molecule has 0 saturated heterocycles. The van der Waals surface area contributed by atoms with Crippen LogP contribution in [-0.4, -0.2) is 11.7 Å². The van der Waals surface area contributed by atoms with E-state index in [1.54, 1.807) is 6.08 Å². The number of aliphatic hydroxyl groups is 1. The van der Waals surface area contributed by atoms with Gasteiger partial charge in [-0.15, -0.1) is 0 Å². The van der Waals surface area contributed by atoms with Crippen LogP contribution in [0, 0.1) is 6.92 Å². The first-order chi connectivity index (χ1) is 6.69. The molecule has 0 aromatic heterocycles. The predicted molar refractivity (Wildman–Crippen MR) is 59.9 cm³/mol. The fraction of sp³-hybridized carbons (Fsp3) is 0.333. The maximum atomic E-state index is 9.81. The molecule has 0 aliphatic heterocycles. The van der Waals surface area contributed by atoms with E-state index < -0.39 is 6.10 Å². The molecule has 1 unspecified atom stereocenters. The second kappa shape index (κ2) is 4.94. The van der Waals surface area contributed by atoms with Crippen molar-refractivity contribution in [3.8, 4) is 0 Å². The van der Waals surface area contributed by atoms with Gasteiger partial charge in [-0.1, -0.05) is 24.8 Å². The standard InChI is InChI=1S/C12H17NO/c1-3-10-5-4-9(2)11(8-10)12(14)6-7-13/h3-5,8,12,14H,1,6-7,13H2,2H3. The summed E-state index contributed by atoms with van der Waals surface area (Å²) in [5.41, 5.74) is 8.48. The average molecular weight is 191 g/mol. The van der Waals surface area contributed by atoms with Crippen molar-refractivity contribution in [2.75, 3.05) is 6.54 Å². The molecular formula is C12H17NO. The lowest BCUT2D eigenvalue weighted by Crippen LogP contribution is -2.08. The lowest BCUT2D eigenvalue weighted by Gasteiger charge is -2.13. The van der Waals surface area contributed by atoms with E-state index in [1.165, 1.54) is 0 Å². The topological polar surface area (TPSA) is 46.2 Å². The highest BCUT2D eigenvalue weighted by atomic mass is 16.3. The molecule has 0 bridgehead atoms. The maximum Gasteiger partial charge on any atom is 0.0804 e. The van der Waals surface area contributed by atoms with Crippen LogP contribution in [0.3, 0.4) is 0 Å². The van der Waals surface area contributed by atoms with Gasteiger partial charge in [0.05, 0.1) is 6.10 Å². The molecule has 2 heteroatoms. The summed E-state index contributed by atoms with van der Waals surface area (Å²) in [6.07, 6.45) is 1.92. The van der Waals surface area contributed by atoms with E-state index in [0.29, 0.717) is 13.0 Å². The van der Waals surface area contributed by atoms with E-state index in [4.69, 9.17) is 5.73 Å². The third-order valence-electron chi connectivity index (χ3n) is 2.34. The first-order valence-corrected chi connectivity index (χ1v) is 4.80. The second-order valence-electron chi connectivity index (χ2n) is 3.41. The minimum Gasteiger partial charge on any atom is -0.388 e. The van der Waals surface area contributed by atoms with Crippen molar-refractivity contribution in [3.05, 3.63) is 41.5 Å². The molecule has 0 spiro atoms. The van der Waals surface area contributed by atoms with Gasteiger partial charge in [0.1, 0.15) is 0 Å². The summed E-state index contributed by atoms with van der Waals surface area (Å²) in [5, 5.41) is 9.81. The lowest BCUT2D eigenvalue weighted by molar-refractivity contribution is 0.169. The Labute approximate surface area is 85.1 Å². The Balaban J connectivity index is 2.99. The Morgan fingerprint density at radius 3 is 2.86 bits per heavy atom. The number of hydrogen-bond donors (Lipinski definition) is 2. The number of aryl methyl sites for hydroxylation is 1. The molecule has 1 aromatic rings. The van der Waals surface area contributed by atoms with Crippen molar-refractivity contribution in [2.45, 2.75) is 19.4 Å². The quantitative estimate of drug-likeness (QED) is 0.764. The Morgan fingerprint density at radius 1 is 1.57 bits per heavy atom. The lowest BCUT2D eigenvalue weighted by atomic mass is 9.98. The first-order valence-electron chi connectivity index (χ1n) is 4.80. The summed E-state index contributed by atoms with van der Waals surface area (Å²) in [6, 6.07) is 5.94. The smallest absolute Gasteiger partial charge is 0.0804 e. The molecule has 1 atom stereocenters. The zero-order chi connectivity index (χ0) is 10.6. The Kier molecular flexibility index (Phi) is 3.86. The Bertz CT molecular complexity index is 320. The van der Waals surface area contributed by atoms with Crippen LogP contribution in [0.1, 0.15) is 29.2 Å². The van der Waals surface area contributed by atoms with Crippen LogP contribution in [0.5, 0.6) is 0 Å². The van der Waals surface area contributed by atoms with Crippen LogP contribution >= 0.6 is 0 Å². The van der Waals surface area contributed by atoms with Crippen LogP contribution in [-0.2, 0) is 0 Å². The molecule has 2 nitrogen and oxygen atoms in total. The van der Waals surface area contributed by atoms with Gasteiger partial charge >= 0.3 is 0 Å². The van der Waals surface area contributed by atoms with Crippen molar-refractivity contribution in [1.29, 1.82) is 0 Å². The zero-order valence-electron chi connectivity index (χ0n) is 8.53. The van der Waals surface area contributed by atoms with E-state index >= 15 is 0 Å². The highest BCUT2D eigenvalue weighted by molar-refractivity contribution is 5.50. The predicted octanol–water partition coefficient (Wildman–Crippen LogP) is 2.02. The number of aliphatic hydroxyl groups excluding tert-OH is 1. The van der Waals surface area contributed by atoms with Crippen LogP contribution in [0.25, 0.3) is 6.08 Å². The second-order valence-corrected chi connectivity index (χ2v) is 3.41. The van der Waals surface area contributed by atoms with Crippen molar-refractivity contribution in [3.63, 3.8) is 0 Å². The van der Waals surface area contributed by atoms with E-state index in [0.717, 1.165) is 16.7 Å². The number of benzene rings is 1. The molecule has 0 saturated carbocycles. The van der Waals surface area contributed by atoms with Gasteiger partial charge in [-0.25, -0.2) is 0 Å². The average Bonchev–Trinajstić information content (AvgIpc) is 2.19. The summed E-state index contributed by atoms with van der Waals surface area (Å²) >= 11 is 0. The third-order valence-corrected chi connectivity index (χ3v) is 2.34. The molecule has 0 amide bonds. The van der Waals surface area contributed by atoms with Gasteiger partial charge in [-0.2, -0.15) is 0 Å². The maximum absolute atomic E-state index is 9.81. The van der Waals surface area contributed by atoms with E-state index in [1.807, 2.05) is 25.1 Å². The van der Waals surface area contributed by atoms with Gasteiger partial charge in [-0.3, -0.25) is 0 Å². The van der Waals surface area contributed by atoms with Crippen LogP contribution in [0.15, 0.2) is 24.8 Å². The molecule has 1 aromatic carbocycles. The highest BCUT2D eigenvalue weighted by Crippen LogP contribution is 2.21. The molecule has 0 fully saturated rings. The van der Waals surface area contributed by atoms with E-state index in [-0.39, 0.29) is 0 Å². The number of nitrogens with two attached hydrogens (primary N) is 1. The summed E-state index contributed by atoms with van der Waals surface area (Å²) in [6.45, 7) is 6.19. The molecular weight excluding hydrogens is 174 g/mol. The fourth-order valence-corrected chi connectivity index (χ4v) is 1.46. The van der Waals surface area contributed by atoms with Crippen molar-refractivity contribution < 1.29 is 5.11 Å². The molecule has 1 rings (SSSR count). The first kappa shape index (κ1) is 11.0. The van der Waals surface area contributed by atoms with E-state index in [2.05, 4.69) is 6.58 Å². The van der Waals surface area contributed by atoms with Crippen molar-refractivity contribution in [2.24, 2.45) is 5.73 Å². The molecule has 14 heavy (non-hydrogen) atoms. The van der Waals surface area contributed by atoms with Gasteiger partial charge < -0.3 is 10.8 Å². The Morgan fingerprint density at radius 2 is 2.29 bits per heavy atom. The minimum atomic E-state index is -0.458. The zero-order valence-corrected chi connectivity index (χ0v) is 8.53. The molecule has 3 N–H and O–H groups in total. The van der Waals surface area contributed by atoms with Gasteiger partial charge in [-0.05, 0) is 42.6 Å². The van der Waals surface area contributed by atoms with Crippen molar-refractivity contribution >= 4 is 6.08 Å². The minimum absolute atomic E-state index is 0.458. The van der Waals surface area contributed by atoms with Gasteiger partial charge in [0.2, 0.25) is 0 Å². The van der Waals surface area contributed by atoms with Gasteiger partial charge in [0.25, 0.3) is 0 Å². The fourth-order valence-electron chi connectivity index (χ4n) is 1.46. The third kappa shape index (κ3) is 2.44. The molecule has 0 radical (unpaired) electrons. The molecule has 0 aliphatic carbocycles. The van der Waals surface area contributed by atoms with E-state index in [9.17, 15) is 5.11 Å². The molecule has 0 aliphatic rings. The van der Waals surface area contributed by atoms with Crippen LogP contribution in [0.2, 0.25) is 0 Å². The van der Waals surface area contributed by atoms with Gasteiger partial charge in [0, 0.05) is 0 Å². The highest BCUT2D eigenvalue weighted by Gasteiger charge is 2.09. The van der Waals surface area contributed by atoms with Crippen molar-refractivity contribution in [1.82, 2.24) is 0 Å². The monoisotopic (exact) mass is 191 g/mol. The van der Waals surface area contributed by atoms with Crippen LogP contribution in [0.4, 0.5) is 0 Å². The summed E-state index contributed by atoms with van der Waals surface area (Å²) in [4.78, 5) is 0. The summed E-state index contributed by atoms with van der Waals surface area (Å²) < 4.78 is 0. The molecule has 76 valence electrons. The molecule has 0 heterocycles. The van der Waals surface area contributed by atoms with Crippen LogP contribution < -0.4 is 5.73 Å². The number of rotatable bonds is 4. The Hall–Kier alpha value is -1.12. The summed E-state index contributed by atoms with van der Waals surface area (Å²) in [7, 11) is 0. The SMILES string of the molecule is C=Cc1ccc(C)c(C(O)CCN)c1. The summed E-state index contributed by atoms with van der Waals surface area (Å²) in [5.74, 6) is 0. The van der Waals surface area contributed by atoms with Gasteiger partial charge in [0.15, 0.2) is 0 Å².